The maximum absolute atomic E-state index is 13.5. The van der Waals surface area contributed by atoms with Gasteiger partial charge in [-0.05, 0) is 36.8 Å². The summed E-state index contributed by atoms with van der Waals surface area (Å²) in [4.78, 5) is 12.1. The highest BCUT2D eigenvalue weighted by Crippen LogP contribution is 2.24. The molecule has 0 unspecified atom stereocenters. The highest BCUT2D eigenvalue weighted by molar-refractivity contribution is 9.10. The van der Waals surface area contributed by atoms with Crippen LogP contribution in [0.4, 0.5) is 8.78 Å². The summed E-state index contributed by atoms with van der Waals surface area (Å²) < 4.78 is 27.4. The Morgan fingerprint density at radius 1 is 1.27 bits per heavy atom. The summed E-state index contributed by atoms with van der Waals surface area (Å²) in [5, 5.41) is 2.84. The fourth-order valence-electron chi connectivity index (χ4n) is 1.92. The second-order valence-electron chi connectivity index (χ2n) is 4.67. The number of benzene rings is 2. The topological polar surface area (TPSA) is 29.1 Å². The first-order chi connectivity index (χ1) is 10.5. The van der Waals surface area contributed by atoms with Crippen molar-refractivity contribution in [3.05, 3.63) is 64.1 Å². The summed E-state index contributed by atoms with van der Waals surface area (Å²) in [6, 6.07) is 10.6. The fourth-order valence-corrected chi connectivity index (χ4v) is 3.32. The molecule has 0 saturated carbocycles. The molecular weight excluding hydrogens is 372 g/mol. The van der Waals surface area contributed by atoms with Crippen molar-refractivity contribution in [2.75, 3.05) is 5.75 Å². The number of hydrogen-bond donors (Lipinski definition) is 1. The summed E-state index contributed by atoms with van der Waals surface area (Å²) in [6.07, 6.45) is 0. The molecule has 0 aliphatic rings. The van der Waals surface area contributed by atoms with Gasteiger partial charge in [0.1, 0.15) is 11.6 Å². The molecule has 1 N–H and O–H groups in total. The molecule has 0 saturated heterocycles. The average Bonchev–Trinajstić information content (AvgIpc) is 2.48. The molecule has 0 heterocycles. The van der Waals surface area contributed by atoms with Gasteiger partial charge < -0.3 is 5.32 Å². The van der Waals surface area contributed by atoms with Crippen LogP contribution in [0.3, 0.4) is 0 Å². The van der Waals surface area contributed by atoms with Crippen molar-refractivity contribution >= 4 is 33.6 Å². The van der Waals surface area contributed by atoms with E-state index < -0.39 is 11.6 Å². The summed E-state index contributed by atoms with van der Waals surface area (Å²) in [7, 11) is 0. The van der Waals surface area contributed by atoms with Crippen LogP contribution in [0, 0.1) is 11.6 Å². The van der Waals surface area contributed by atoms with E-state index in [4.69, 9.17) is 0 Å². The zero-order chi connectivity index (χ0) is 16.1. The molecule has 1 amide bonds. The lowest BCUT2D eigenvalue weighted by molar-refractivity contribution is -0.119. The molecule has 0 aliphatic heterocycles. The average molecular weight is 386 g/mol. The summed E-state index contributed by atoms with van der Waals surface area (Å²) in [5.74, 6) is -1.27. The molecule has 0 aliphatic carbocycles. The molecule has 1 atom stereocenters. The number of carbonyl (C=O) groups is 1. The Morgan fingerprint density at radius 2 is 2.00 bits per heavy atom. The third-order valence-electron chi connectivity index (χ3n) is 3.00. The van der Waals surface area contributed by atoms with Crippen molar-refractivity contribution in [1.29, 1.82) is 0 Å². The van der Waals surface area contributed by atoms with Gasteiger partial charge in [0, 0.05) is 9.37 Å². The monoisotopic (exact) mass is 385 g/mol. The normalized spacial score (nSPS) is 12.0. The van der Waals surface area contributed by atoms with Gasteiger partial charge in [0.25, 0.3) is 0 Å². The van der Waals surface area contributed by atoms with Gasteiger partial charge in [-0.1, -0.05) is 34.1 Å². The second kappa shape index (κ2) is 7.74. The molecule has 116 valence electrons. The quantitative estimate of drug-likeness (QED) is 0.755. The van der Waals surface area contributed by atoms with Crippen LogP contribution < -0.4 is 5.32 Å². The molecule has 0 spiro atoms. The van der Waals surface area contributed by atoms with Crippen molar-refractivity contribution in [2.45, 2.75) is 17.9 Å². The van der Waals surface area contributed by atoms with Crippen LogP contribution in [-0.2, 0) is 4.79 Å². The van der Waals surface area contributed by atoms with E-state index in [9.17, 15) is 13.6 Å². The summed E-state index contributed by atoms with van der Waals surface area (Å²) >= 11 is 4.40. The minimum atomic E-state index is -0.530. The molecule has 6 heteroatoms. The summed E-state index contributed by atoms with van der Waals surface area (Å²) in [6.45, 7) is 1.87. The van der Waals surface area contributed by atoms with Gasteiger partial charge in [-0.2, -0.15) is 0 Å². The number of carbonyl (C=O) groups excluding carboxylic acids is 1. The van der Waals surface area contributed by atoms with Crippen molar-refractivity contribution < 1.29 is 13.6 Å². The van der Waals surface area contributed by atoms with Gasteiger partial charge >= 0.3 is 0 Å². The Balaban J connectivity index is 1.93. The van der Waals surface area contributed by atoms with Crippen LogP contribution in [0.15, 0.2) is 51.8 Å². The molecule has 2 nitrogen and oxygen atoms in total. The number of amides is 1. The molecule has 0 aromatic heterocycles. The Bertz CT molecular complexity index is 681. The van der Waals surface area contributed by atoms with Crippen LogP contribution in [0.25, 0.3) is 0 Å². The van der Waals surface area contributed by atoms with E-state index in [2.05, 4.69) is 21.2 Å². The number of hydrogen-bond acceptors (Lipinski definition) is 2. The smallest absolute Gasteiger partial charge is 0.230 e. The van der Waals surface area contributed by atoms with Crippen LogP contribution in [0.5, 0.6) is 0 Å². The Morgan fingerprint density at radius 3 is 2.73 bits per heavy atom. The van der Waals surface area contributed by atoms with Gasteiger partial charge in [-0.25, -0.2) is 8.78 Å². The standard InChI is InChI=1S/C16H14BrF2NOS/c1-10(12-4-2-3-5-13(12)17)20-16(21)9-22-15-8-11(18)6-7-14(15)19/h2-8,10H,9H2,1H3,(H,20,21)/t10-/m0/s1. The molecule has 22 heavy (non-hydrogen) atoms. The van der Waals surface area contributed by atoms with E-state index >= 15 is 0 Å². The maximum Gasteiger partial charge on any atom is 0.230 e. The number of nitrogens with one attached hydrogen (secondary N) is 1. The van der Waals surface area contributed by atoms with Gasteiger partial charge in [-0.3, -0.25) is 4.79 Å². The first-order valence-corrected chi connectivity index (χ1v) is 8.37. The molecule has 0 bridgehead atoms. The van der Waals surface area contributed by atoms with E-state index in [1.807, 2.05) is 31.2 Å². The highest BCUT2D eigenvalue weighted by Gasteiger charge is 2.13. The zero-order valence-corrected chi connectivity index (χ0v) is 14.2. The van der Waals surface area contributed by atoms with Gasteiger partial charge in [0.15, 0.2) is 0 Å². The molecule has 2 aromatic rings. The predicted molar refractivity (Wildman–Crippen MR) is 87.8 cm³/mol. The Labute approximate surface area is 140 Å². The van der Waals surface area contributed by atoms with E-state index in [0.717, 1.165) is 40.0 Å². The van der Waals surface area contributed by atoms with Crippen LogP contribution >= 0.6 is 27.7 Å². The third kappa shape index (κ3) is 4.55. The lowest BCUT2D eigenvalue weighted by atomic mass is 10.1. The highest BCUT2D eigenvalue weighted by atomic mass is 79.9. The lowest BCUT2D eigenvalue weighted by Gasteiger charge is -2.15. The summed E-state index contributed by atoms with van der Waals surface area (Å²) in [5.41, 5.74) is 0.956. The Kier molecular flexibility index (Phi) is 5.97. The maximum atomic E-state index is 13.5. The van der Waals surface area contributed by atoms with Crippen molar-refractivity contribution in [3.8, 4) is 0 Å². The first kappa shape index (κ1) is 17.0. The molecule has 2 aromatic carbocycles. The van der Waals surface area contributed by atoms with Gasteiger partial charge in [0.2, 0.25) is 5.91 Å². The largest absolute Gasteiger partial charge is 0.349 e. The lowest BCUT2D eigenvalue weighted by Crippen LogP contribution is -2.28. The zero-order valence-electron chi connectivity index (χ0n) is 11.8. The number of rotatable bonds is 5. The SMILES string of the molecule is C[C@H](NC(=O)CSc1cc(F)ccc1F)c1ccccc1Br. The fraction of sp³-hybridized carbons (Fsp3) is 0.188. The number of thioether (sulfide) groups is 1. The second-order valence-corrected chi connectivity index (χ2v) is 6.55. The minimum absolute atomic E-state index is 0.0230. The third-order valence-corrected chi connectivity index (χ3v) is 4.75. The van der Waals surface area contributed by atoms with E-state index in [1.54, 1.807) is 0 Å². The Hall–Kier alpha value is -1.40. The molecular formula is C16H14BrF2NOS. The number of halogens is 3. The van der Waals surface area contributed by atoms with Gasteiger partial charge in [-0.15, -0.1) is 11.8 Å². The van der Waals surface area contributed by atoms with E-state index in [0.29, 0.717) is 0 Å². The van der Waals surface area contributed by atoms with Crippen molar-refractivity contribution in [2.24, 2.45) is 0 Å². The van der Waals surface area contributed by atoms with Crippen LogP contribution in [0.1, 0.15) is 18.5 Å². The molecule has 0 fully saturated rings. The van der Waals surface area contributed by atoms with E-state index in [1.165, 1.54) is 0 Å². The van der Waals surface area contributed by atoms with Crippen molar-refractivity contribution in [3.63, 3.8) is 0 Å². The van der Waals surface area contributed by atoms with Crippen LogP contribution in [-0.4, -0.2) is 11.7 Å². The minimum Gasteiger partial charge on any atom is -0.349 e. The van der Waals surface area contributed by atoms with Gasteiger partial charge in [0.05, 0.1) is 11.8 Å². The first-order valence-electron chi connectivity index (χ1n) is 6.59. The van der Waals surface area contributed by atoms with E-state index in [-0.39, 0.29) is 22.6 Å². The predicted octanol–water partition coefficient (Wildman–Crippen LogP) is 4.70. The van der Waals surface area contributed by atoms with Crippen LogP contribution in [0.2, 0.25) is 0 Å². The van der Waals surface area contributed by atoms with Crippen molar-refractivity contribution in [1.82, 2.24) is 5.32 Å². The molecule has 0 radical (unpaired) electrons. The molecule has 2 rings (SSSR count).